The van der Waals surface area contributed by atoms with Crippen LogP contribution in [0.5, 0.6) is 5.75 Å². The highest BCUT2D eigenvalue weighted by Gasteiger charge is 2.15. The molecule has 1 aromatic carbocycles. The molecule has 0 fully saturated rings. The second-order valence-electron chi connectivity index (χ2n) is 4.13. The minimum absolute atomic E-state index is 0.0298. The summed E-state index contributed by atoms with van der Waals surface area (Å²) in [7, 11) is 0. The number of alkyl halides is 2. The van der Waals surface area contributed by atoms with E-state index >= 15 is 0 Å². The Morgan fingerprint density at radius 1 is 1.25 bits per heavy atom. The van der Waals surface area contributed by atoms with Crippen molar-refractivity contribution in [3.05, 3.63) is 40.7 Å². The Bertz CT molecular complexity index is 597. The molecule has 0 aliphatic rings. The molecule has 1 aromatic heterocycles. The average molecular weight is 299 g/mol. The van der Waals surface area contributed by atoms with Gasteiger partial charge in [-0.2, -0.15) is 8.78 Å². The molecule has 0 bridgehead atoms. The van der Waals surface area contributed by atoms with Crippen LogP contribution in [0.3, 0.4) is 0 Å². The number of aryl methyl sites for hydroxylation is 1. The summed E-state index contributed by atoms with van der Waals surface area (Å²) in [4.78, 5) is 8.49. The van der Waals surface area contributed by atoms with Gasteiger partial charge in [0.15, 0.2) is 5.82 Å². The third-order valence-electron chi connectivity index (χ3n) is 2.86. The third kappa shape index (κ3) is 3.04. The monoisotopic (exact) mass is 298 g/mol. The molecule has 106 valence electrons. The lowest BCUT2D eigenvalue weighted by molar-refractivity contribution is -0.0494. The molecule has 0 atom stereocenters. The maximum atomic E-state index is 12.4. The highest BCUT2D eigenvalue weighted by Crippen LogP contribution is 2.30. The molecule has 0 aliphatic carbocycles. The van der Waals surface area contributed by atoms with Crippen LogP contribution in [-0.2, 0) is 6.42 Å². The number of hydrogen-bond donors (Lipinski definition) is 0. The molecule has 2 aromatic rings. The van der Waals surface area contributed by atoms with Gasteiger partial charge in [0, 0.05) is 11.3 Å². The third-order valence-corrected chi connectivity index (χ3v) is 3.17. The highest BCUT2D eigenvalue weighted by molar-refractivity contribution is 6.30. The zero-order valence-corrected chi connectivity index (χ0v) is 11.8. The number of para-hydroxylation sites is 1. The molecule has 0 saturated heterocycles. The maximum absolute atomic E-state index is 12.4. The fourth-order valence-corrected chi connectivity index (χ4v) is 2.28. The van der Waals surface area contributed by atoms with Crippen molar-refractivity contribution >= 4 is 11.6 Å². The molecular formula is C14H13ClF2N2O. The number of nitrogens with zero attached hydrogens (tertiary/aromatic N) is 2. The summed E-state index contributed by atoms with van der Waals surface area (Å²) in [5.41, 5.74) is 1.97. The summed E-state index contributed by atoms with van der Waals surface area (Å²) in [5, 5.41) is 0.335. The Labute approximate surface area is 120 Å². The summed E-state index contributed by atoms with van der Waals surface area (Å²) in [6.07, 6.45) is 0.708. The molecule has 0 radical (unpaired) electrons. The first-order valence-electron chi connectivity index (χ1n) is 6.10. The number of hydrogen-bond acceptors (Lipinski definition) is 3. The van der Waals surface area contributed by atoms with Crippen molar-refractivity contribution in [2.75, 3.05) is 0 Å². The molecule has 0 unspecified atom stereocenters. The van der Waals surface area contributed by atoms with Gasteiger partial charge in [0.2, 0.25) is 0 Å². The second-order valence-corrected chi connectivity index (χ2v) is 4.49. The van der Waals surface area contributed by atoms with Crippen LogP contribution in [0.2, 0.25) is 5.15 Å². The van der Waals surface area contributed by atoms with E-state index in [4.69, 9.17) is 11.6 Å². The highest BCUT2D eigenvalue weighted by atomic mass is 35.5. The van der Waals surface area contributed by atoms with Gasteiger partial charge in [-0.25, -0.2) is 9.97 Å². The van der Waals surface area contributed by atoms with Crippen LogP contribution in [0.15, 0.2) is 24.3 Å². The van der Waals surface area contributed by atoms with E-state index < -0.39 is 6.61 Å². The molecule has 0 saturated carbocycles. The molecule has 3 nitrogen and oxygen atoms in total. The first-order chi connectivity index (χ1) is 9.52. The van der Waals surface area contributed by atoms with Gasteiger partial charge in [-0.1, -0.05) is 30.7 Å². The number of rotatable bonds is 4. The summed E-state index contributed by atoms with van der Waals surface area (Å²) in [6.45, 7) is 0.861. The normalized spacial score (nSPS) is 10.9. The topological polar surface area (TPSA) is 35.0 Å². The molecule has 0 N–H and O–H groups in total. The summed E-state index contributed by atoms with van der Waals surface area (Å²) < 4.78 is 29.3. The lowest BCUT2D eigenvalue weighted by atomic mass is 10.1. The fourth-order valence-electron chi connectivity index (χ4n) is 1.93. The fraction of sp³-hybridized carbons (Fsp3) is 0.286. The van der Waals surface area contributed by atoms with Crippen molar-refractivity contribution in [1.29, 1.82) is 0 Å². The van der Waals surface area contributed by atoms with Gasteiger partial charge in [0.1, 0.15) is 10.9 Å². The Hall–Kier alpha value is -1.75. The van der Waals surface area contributed by atoms with Crippen molar-refractivity contribution in [3.8, 4) is 17.1 Å². The van der Waals surface area contributed by atoms with E-state index in [9.17, 15) is 8.78 Å². The summed E-state index contributed by atoms with van der Waals surface area (Å²) in [6, 6.07) is 6.38. The number of aromatic nitrogens is 2. The predicted molar refractivity (Wildman–Crippen MR) is 73.2 cm³/mol. The zero-order valence-electron chi connectivity index (χ0n) is 11.0. The first-order valence-corrected chi connectivity index (χ1v) is 6.48. The molecular weight excluding hydrogens is 286 g/mol. The van der Waals surface area contributed by atoms with E-state index in [2.05, 4.69) is 14.7 Å². The number of ether oxygens (including phenoxy) is 1. The van der Waals surface area contributed by atoms with E-state index in [1.54, 1.807) is 18.2 Å². The van der Waals surface area contributed by atoms with Gasteiger partial charge < -0.3 is 4.74 Å². The SMILES string of the molecule is CCc1c(C)nc(-c2ccccc2OC(F)F)nc1Cl. The first kappa shape index (κ1) is 14.7. The van der Waals surface area contributed by atoms with Gasteiger partial charge in [-0.15, -0.1) is 0 Å². The van der Waals surface area contributed by atoms with Crippen LogP contribution in [-0.4, -0.2) is 16.6 Å². The predicted octanol–water partition coefficient (Wildman–Crippen LogP) is 4.27. The van der Waals surface area contributed by atoms with Crippen LogP contribution in [0, 0.1) is 6.92 Å². The van der Waals surface area contributed by atoms with Gasteiger partial charge >= 0.3 is 6.61 Å². The molecule has 0 aliphatic heterocycles. The second kappa shape index (κ2) is 6.13. The zero-order chi connectivity index (χ0) is 14.7. The Balaban J connectivity index is 2.52. The van der Waals surface area contributed by atoms with Crippen molar-refractivity contribution < 1.29 is 13.5 Å². The van der Waals surface area contributed by atoms with Crippen LogP contribution in [0.1, 0.15) is 18.2 Å². The smallest absolute Gasteiger partial charge is 0.387 e. The Kier molecular flexibility index (Phi) is 4.49. The minimum atomic E-state index is -2.90. The van der Waals surface area contributed by atoms with Crippen LogP contribution in [0.25, 0.3) is 11.4 Å². The van der Waals surface area contributed by atoms with Crippen LogP contribution < -0.4 is 4.74 Å². The van der Waals surface area contributed by atoms with Crippen molar-refractivity contribution in [1.82, 2.24) is 9.97 Å². The minimum Gasteiger partial charge on any atom is -0.434 e. The van der Waals surface area contributed by atoms with Crippen LogP contribution in [0.4, 0.5) is 8.78 Å². The standard InChI is InChI=1S/C14H13ClF2N2O/c1-3-9-8(2)18-13(19-12(9)15)10-6-4-5-7-11(10)20-14(16)17/h4-7,14H,3H2,1-2H3. The quantitative estimate of drug-likeness (QED) is 0.791. The lowest BCUT2D eigenvalue weighted by Crippen LogP contribution is -2.05. The van der Waals surface area contributed by atoms with Gasteiger partial charge in [0.25, 0.3) is 0 Å². The van der Waals surface area contributed by atoms with E-state index in [-0.39, 0.29) is 11.6 Å². The van der Waals surface area contributed by atoms with Gasteiger partial charge in [-0.3, -0.25) is 0 Å². The lowest BCUT2D eigenvalue weighted by Gasteiger charge is -2.11. The summed E-state index contributed by atoms with van der Waals surface area (Å²) >= 11 is 6.10. The molecule has 1 heterocycles. The molecule has 6 heteroatoms. The largest absolute Gasteiger partial charge is 0.434 e. The van der Waals surface area contributed by atoms with Crippen molar-refractivity contribution in [2.45, 2.75) is 26.9 Å². The van der Waals surface area contributed by atoms with Crippen molar-refractivity contribution in [2.24, 2.45) is 0 Å². The number of benzene rings is 1. The molecule has 0 amide bonds. The molecule has 0 spiro atoms. The molecule has 2 rings (SSSR count). The van der Waals surface area contributed by atoms with E-state index in [1.807, 2.05) is 13.8 Å². The van der Waals surface area contributed by atoms with E-state index in [0.717, 1.165) is 11.3 Å². The Morgan fingerprint density at radius 2 is 1.95 bits per heavy atom. The van der Waals surface area contributed by atoms with Crippen LogP contribution >= 0.6 is 11.6 Å². The van der Waals surface area contributed by atoms with Gasteiger partial charge in [0.05, 0.1) is 5.56 Å². The number of halogens is 3. The van der Waals surface area contributed by atoms with Crippen molar-refractivity contribution in [3.63, 3.8) is 0 Å². The average Bonchev–Trinajstić information content (AvgIpc) is 2.38. The van der Waals surface area contributed by atoms with E-state index in [1.165, 1.54) is 6.07 Å². The Morgan fingerprint density at radius 3 is 2.55 bits per heavy atom. The summed E-state index contributed by atoms with van der Waals surface area (Å²) in [5.74, 6) is 0.308. The molecule has 20 heavy (non-hydrogen) atoms. The van der Waals surface area contributed by atoms with E-state index in [0.29, 0.717) is 17.1 Å². The van der Waals surface area contributed by atoms with Gasteiger partial charge in [-0.05, 0) is 25.5 Å². The maximum Gasteiger partial charge on any atom is 0.387 e.